The Morgan fingerprint density at radius 3 is 2.50 bits per heavy atom. The van der Waals surface area contributed by atoms with Crippen LogP contribution in [0.1, 0.15) is 16.8 Å². The number of aromatic nitrogens is 1. The Morgan fingerprint density at radius 2 is 1.94 bits per heavy atom. The first-order chi connectivity index (χ1) is 8.38. The van der Waals surface area contributed by atoms with Gasteiger partial charge in [0, 0.05) is 19.0 Å². The highest BCUT2D eigenvalue weighted by Gasteiger charge is 2.38. The lowest BCUT2D eigenvalue weighted by Crippen LogP contribution is -2.14. The standard InChI is InChI=1S/C13H14F3NO/c1-8-4-3-5-9-10(6-7-18)12(13(14,15)16)17(2)11(8)9/h3-5,18H,6-7H2,1-2H3. The van der Waals surface area contributed by atoms with E-state index >= 15 is 0 Å². The third kappa shape index (κ3) is 1.88. The van der Waals surface area contributed by atoms with Crippen molar-refractivity contribution in [3.05, 3.63) is 35.0 Å². The summed E-state index contributed by atoms with van der Waals surface area (Å²) in [5, 5.41) is 9.54. The second-order valence-electron chi connectivity index (χ2n) is 4.33. The molecule has 0 unspecified atom stereocenters. The Bertz CT molecular complexity index is 584. The van der Waals surface area contributed by atoms with Crippen LogP contribution in [0, 0.1) is 6.92 Å². The van der Waals surface area contributed by atoms with E-state index in [2.05, 4.69) is 0 Å². The SMILES string of the molecule is Cc1cccc2c(CCO)c(C(F)(F)F)n(C)c12. The highest BCUT2D eigenvalue weighted by molar-refractivity contribution is 5.88. The highest BCUT2D eigenvalue weighted by Crippen LogP contribution is 2.38. The van der Waals surface area contributed by atoms with Crippen molar-refractivity contribution in [1.29, 1.82) is 0 Å². The number of nitrogens with zero attached hydrogens (tertiary/aromatic N) is 1. The molecule has 0 spiro atoms. The highest BCUT2D eigenvalue weighted by atomic mass is 19.4. The van der Waals surface area contributed by atoms with E-state index in [4.69, 9.17) is 5.11 Å². The molecule has 1 aromatic heterocycles. The maximum atomic E-state index is 13.1. The first kappa shape index (κ1) is 13.0. The predicted octanol–water partition coefficient (Wildman–Crippen LogP) is 3.04. The van der Waals surface area contributed by atoms with Crippen molar-refractivity contribution in [3.63, 3.8) is 0 Å². The Kier molecular flexibility index (Phi) is 3.11. The molecule has 0 saturated carbocycles. The number of fused-ring (bicyclic) bond motifs is 1. The van der Waals surface area contributed by atoms with Gasteiger partial charge in [0.05, 0.1) is 5.52 Å². The summed E-state index contributed by atoms with van der Waals surface area (Å²) < 4.78 is 40.5. The summed E-state index contributed by atoms with van der Waals surface area (Å²) in [4.78, 5) is 0. The van der Waals surface area contributed by atoms with Crippen LogP contribution in [0.5, 0.6) is 0 Å². The molecule has 0 bridgehead atoms. The van der Waals surface area contributed by atoms with Crippen LogP contribution in [0.15, 0.2) is 18.2 Å². The molecule has 0 saturated heterocycles. The number of aryl methyl sites for hydroxylation is 2. The third-order valence-corrected chi connectivity index (χ3v) is 3.15. The fourth-order valence-corrected chi connectivity index (χ4v) is 2.52. The van der Waals surface area contributed by atoms with Gasteiger partial charge in [-0.25, -0.2) is 0 Å². The Morgan fingerprint density at radius 1 is 1.28 bits per heavy atom. The minimum Gasteiger partial charge on any atom is -0.396 e. The summed E-state index contributed by atoms with van der Waals surface area (Å²) in [5.74, 6) is 0. The number of alkyl halides is 3. The van der Waals surface area contributed by atoms with Gasteiger partial charge in [0.25, 0.3) is 0 Å². The maximum Gasteiger partial charge on any atom is 0.431 e. The molecule has 98 valence electrons. The monoisotopic (exact) mass is 257 g/mol. The molecule has 1 aromatic carbocycles. The first-order valence-corrected chi connectivity index (χ1v) is 5.63. The van der Waals surface area contributed by atoms with Crippen LogP contribution in [-0.4, -0.2) is 16.3 Å². The van der Waals surface area contributed by atoms with E-state index in [1.807, 2.05) is 0 Å². The summed E-state index contributed by atoms with van der Waals surface area (Å²) >= 11 is 0. The van der Waals surface area contributed by atoms with E-state index in [1.165, 1.54) is 11.6 Å². The molecule has 18 heavy (non-hydrogen) atoms. The van der Waals surface area contributed by atoms with Crippen molar-refractivity contribution < 1.29 is 18.3 Å². The average Bonchev–Trinajstić information content (AvgIpc) is 2.53. The summed E-state index contributed by atoms with van der Waals surface area (Å²) in [7, 11) is 1.42. The van der Waals surface area contributed by atoms with Gasteiger partial charge in [0.1, 0.15) is 5.69 Å². The molecule has 0 aliphatic rings. The van der Waals surface area contributed by atoms with Gasteiger partial charge in [0.2, 0.25) is 0 Å². The smallest absolute Gasteiger partial charge is 0.396 e. The van der Waals surface area contributed by atoms with Crippen LogP contribution >= 0.6 is 0 Å². The van der Waals surface area contributed by atoms with Crippen LogP contribution in [-0.2, 0) is 19.6 Å². The topological polar surface area (TPSA) is 25.2 Å². The maximum absolute atomic E-state index is 13.1. The number of aliphatic hydroxyl groups is 1. The minimum atomic E-state index is -4.41. The van der Waals surface area contributed by atoms with Gasteiger partial charge < -0.3 is 9.67 Å². The molecule has 1 heterocycles. The molecule has 0 aliphatic carbocycles. The number of hydrogen-bond donors (Lipinski definition) is 1. The van der Waals surface area contributed by atoms with Gasteiger partial charge in [-0.05, 0) is 24.5 Å². The molecular weight excluding hydrogens is 243 g/mol. The second-order valence-corrected chi connectivity index (χ2v) is 4.33. The number of aliphatic hydroxyl groups excluding tert-OH is 1. The van der Waals surface area contributed by atoms with Gasteiger partial charge in [-0.3, -0.25) is 0 Å². The lowest BCUT2D eigenvalue weighted by Gasteiger charge is -2.11. The summed E-state index contributed by atoms with van der Waals surface area (Å²) in [6, 6.07) is 5.19. The quantitative estimate of drug-likeness (QED) is 0.879. The van der Waals surface area contributed by atoms with Crippen LogP contribution in [0.4, 0.5) is 13.2 Å². The lowest BCUT2D eigenvalue weighted by molar-refractivity contribution is -0.143. The van der Waals surface area contributed by atoms with E-state index in [1.54, 1.807) is 25.1 Å². The zero-order chi connectivity index (χ0) is 13.5. The fourth-order valence-electron chi connectivity index (χ4n) is 2.52. The Balaban J connectivity index is 2.88. The molecule has 0 radical (unpaired) electrons. The van der Waals surface area contributed by atoms with Crippen molar-refractivity contribution in [1.82, 2.24) is 4.57 Å². The van der Waals surface area contributed by atoms with Crippen molar-refractivity contribution in [2.75, 3.05) is 6.61 Å². The number of hydrogen-bond acceptors (Lipinski definition) is 1. The largest absolute Gasteiger partial charge is 0.431 e. The molecule has 2 rings (SSSR count). The molecule has 0 fully saturated rings. The third-order valence-electron chi connectivity index (χ3n) is 3.15. The van der Waals surface area contributed by atoms with E-state index in [0.717, 1.165) is 5.56 Å². The van der Waals surface area contributed by atoms with Crippen LogP contribution in [0.3, 0.4) is 0 Å². The Labute approximate surface area is 103 Å². The number of rotatable bonds is 2. The normalized spacial score (nSPS) is 12.3. The molecule has 0 atom stereocenters. The van der Waals surface area contributed by atoms with E-state index in [9.17, 15) is 13.2 Å². The van der Waals surface area contributed by atoms with Crippen molar-refractivity contribution >= 4 is 10.9 Å². The van der Waals surface area contributed by atoms with Gasteiger partial charge in [-0.1, -0.05) is 18.2 Å². The molecule has 2 nitrogen and oxygen atoms in total. The summed E-state index contributed by atoms with van der Waals surface area (Å²) in [6.07, 6.45) is -4.40. The molecule has 1 N–H and O–H groups in total. The zero-order valence-corrected chi connectivity index (χ0v) is 10.2. The lowest BCUT2D eigenvalue weighted by atomic mass is 10.1. The number of benzene rings is 1. The average molecular weight is 257 g/mol. The summed E-state index contributed by atoms with van der Waals surface area (Å²) in [6.45, 7) is 1.49. The van der Waals surface area contributed by atoms with Gasteiger partial charge in [0.15, 0.2) is 0 Å². The zero-order valence-electron chi connectivity index (χ0n) is 10.2. The second kappa shape index (κ2) is 4.31. The van der Waals surface area contributed by atoms with Gasteiger partial charge in [-0.15, -0.1) is 0 Å². The van der Waals surface area contributed by atoms with Crippen LogP contribution in [0.2, 0.25) is 0 Å². The molecule has 0 amide bonds. The summed E-state index contributed by atoms with van der Waals surface area (Å²) in [5.41, 5.74) is 0.880. The molecule has 5 heteroatoms. The predicted molar refractivity (Wildman–Crippen MR) is 63.4 cm³/mol. The van der Waals surface area contributed by atoms with E-state index < -0.39 is 11.9 Å². The minimum absolute atomic E-state index is 0.00956. The number of halogens is 3. The van der Waals surface area contributed by atoms with Gasteiger partial charge >= 0.3 is 6.18 Å². The Hall–Kier alpha value is -1.49. The van der Waals surface area contributed by atoms with E-state index in [-0.39, 0.29) is 18.6 Å². The fraction of sp³-hybridized carbons (Fsp3) is 0.385. The van der Waals surface area contributed by atoms with Crippen LogP contribution in [0.25, 0.3) is 10.9 Å². The molecular formula is C13H14F3NO. The van der Waals surface area contributed by atoms with Crippen molar-refractivity contribution in [2.24, 2.45) is 7.05 Å². The van der Waals surface area contributed by atoms with E-state index in [0.29, 0.717) is 10.9 Å². The van der Waals surface area contributed by atoms with Crippen molar-refractivity contribution in [3.8, 4) is 0 Å². The first-order valence-electron chi connectivity index (χ1n) is 5.63. The number of para-hydroxylation sites is 1. The molecule has 2 aromatic rings. The van der Waals surface area contributed by atoms with Gasteiger partial charge in [-0.2, -0.15) is 13.2 Å². The van der Waals surface area contributed by atoms with Crippen LogP contribution < -0.4 is 0 Å². The van der Waals surface area contributed by atoms with Crippen molar-refractivity contribution in [2.45, 2.75) is 19.5 Å². The molecule has 0 aliphatic heterocycles.